The van der Waals surface area contributed by atoms with Gasteiger partial charge in [0.15, 0.2) is 11.5 Å². The SMILES string of the molecule is CC[S+]([O-])c1nc2c3c(ccc2s1)OCCO3. The molecule has 0 N–H and O–H groups in total. The van der Waals surface area contributed by atoms with Crippen molar-refractivity contribution >= 4 is 32.7 Å². The maximum atomic E-state index is 11.7. The van der Waals surface area contributed by atoms with Crippen LogP contribution in [0.3, 0.4) is 0 Å². The highest BCUT2D eigenvalue weighted by atomic mass is 32.2. The van der Waals surface area contributed by atoms with Crippen molar-refractivity contribution in [2.24, 2.45) is 0 Å². The smallest absolute Gasteiger partial charge is 0.302 e. The highest BCUT2D eigenvalue weighted by Crippen LogP contribution is 2.40. The van der Waals surface area contributed by atoms with E-state index in [0.29, 0.717) is 29.1 Å². The van der Waals surface area contributed by atoms with E-state index in [0.717, 1.165) is 16.0 Å². The molecule has 0 radical (unpaired) electrons. The molecule has 0 bridgehead atoms. The molecular weight excluding hydrogens is 258 g/mol. The van der Waals surface area contributed by atoms with Crippen LogP contribution >= 0.6 is 11.3 Å². The largest absolute Gasteiger partial charge is 0.610 e. The molecule has 1 aromatic carbocycles. The van der Waals surface area contributed by atoms with Crippen molar-refractivity contribution < 1.29 is 14.0 Å². The van der Waals surface area contributed by atoms with Crippen LogP contribution in [0.1, 0.15) is 6.92 Å². The van der Waals surface area contributed by atoms with Gasteiger partial charge in [0.05, 0.1) is 4.70 Å². The van der Waals surface area contributed by atoms with E-state index in [1.807, 2.05) is 19.1 Å². The summed E-state index contributed by atoms with van der Waals surface area (Å²) in [6.07, 6.45) is 0. The van der Waals surface area contributed by atoms with Crippen molar-refractivity contribution in [3.05, 3.63) is 12.1 Å². The van der Waals surface area contributed by atoms with E-state index in [-0.39, 0.29) is 0 Å². The van der Waals surface area contributed by atoms with E-state index in [1.54, 1.807) is 0 Å². The van der Waals surface area contributed by atoms with Gasteiger partial charge in [-0.3, -0.25) is 0 Å². The van der Waals surface area contributed by atoms with Crippen LogP contribution in [-0.2, 0) is 11.2 Å². The topological polar surface area (TPSA) is 54.4 Å². The zero-order valence-electron chi connectivity index (χ0n) is 9.26. The van der Waals surface area contributed by atoms with E-state index < -0.39 is 11.2 Å². The Kier molecular flexibility index (Phi) is 2.85. The predicted octanol–water partition coefficient (Wildman–Crippen LogP) is 2.19. The number of benzene rings is 1. The van der Waals surface area contributed by atoms with Crippen LogP contribution in [0.15, 0.2) is 16.5 Å². The third-order valence-electron chi connectivity index (χ3n) is 2.50. The van der Waals surface area contributed by atoms with Gasteiger partial charge in [-0.1, -0.05) is 11.3 Å². The molecule has 4 nitrogen and oxygen atoms in total. The number of ether oxygens (including phenoxy) is 2. The summed E-state index contributed by atoms with van der Waals surface area (Å²) in [6, 6.07) is 3.82. The molecule has 1 aliphatic rings. The normalized spacial score (nSPS) is 16.1. The number of hydrogen-bond donors (Lipinski definition) is 0. The molecule has 0 saturated heterocycles. The third-order valence-corrected chi connectivity index (χ3v) is 5.13. The van der Waals surface area contributed by atoms with Gasteiger partial charge >= 0.3 is 4.34 Å². The summed E-state index contributed by atoms with van der Waals surface area (Å²) in [5.74, 6) is 1.99. The highest BCUT2D eigenvalue weighted by molar-refractivity contribution is 7.93. The zero-order valence-corrected chi connectivity index (χ0v) is 10.9. The number of thiazole rings is 1. The number of rotatable bonds is 2. The van der Waals surface area contributed by atoms with Crippen molar-refractivity contribution in [1.82, 2.24) is 4.98 Å². The van der Waals surface area contributed by atoms with Crippen LogP contribution in [0.5, 0.6) is 11.5 Å². The molecule has 0 saturated carbocycles. The Morgan fingerprint density at radius 2 is 2.24 bits per heavy atom. The lowest BCUT2D eigenvalue weighted by atomic mass is 10.3. The van der Waals surface area contributed by atoms with Gasteiger partial charge in [-0.05, 0) is 19.1 Å². The minimum Gasteiger partial charge on any atom is -0.610 e. The average Bonchev–Trinajstić information content (AvgIpc) is 2.82. The van der Waals surface area contributed by atoms with E-state index in [2.05, 4.69) is 4.98 Å². The van der Waals surface area contributed by atoms with E-state index >= 15 is 0 Å². The Labute approximate surface area is 106 Å². The molecule has 3 rings (SSSR count). The van der Waals surface area contributed by atoms with Crippen LogP contribution in [0, 0.1) is 0 Å². The van der Waals surface area contributed by atoms with E-state index in [9.17, 15) is 4.55 Å². The molecule has 2 heterocycles. The maximum Gasteiger partial charge on any atom is 0.302 e. The number of nitrogens with zero attached hydrogens (tertiary/aromatic N) is 1. The Bertz CT molecular complexity index is 555. The standard InChI is InChI=1S/C11H11NO3S2/c1-2-17(13)11-12-9-8(16-11)4-3-7-10(9)15-6-5-14-7/h3-4H,2,5-6H2,1H3. The lowest BCUT2D eigenvalue weighted by Gasteiger charge is -2.17. The minimum atomic E-state index is -1.01. The van der Waals surface area contributed by atoms with Gasteiger partial charge in [-0.2, -0.15) is 4.98 Å². The molecule has 1 unspecified atom stereocenters. The molecule has 0 spiro atoms. The third kappa shape index (κ3) is 1.86. The van der Waals surface area contributed by atoms with Gasteiger partial charge in [0.25, 0.3) is 0 Å². The second-order valence-electron chi connectivity index (χ2n) is 3.55. The fourth-order valence-corrected chi connectivity index (χ4v) is 3.83. The monoisotopic (exact) mass is 269 g/mol. The summed E-state index contributed by atoms with van der Waals surface area (Å²) in [4.78, 5) is 4.41. The van der Waals surface area contributed by atoms with Crippen LogP contribution < -0.4 is 9.47 Å². The van der Waals surface area contributed by atoms with Crippen LogP contribution in [-0.4, -0.2) is 28.5 Å². The molecule has 0 aliphatic carbocycles. The minimum absolute atomic E-state index is 0.538. The van der Waals surface area contributed by atoms with Gasteiger partial charge < -0.3 is 14.0 Å². The maximum absolute atomic E-state index is 11.7. The van der Waals surface area contributed by atoms with Gasteiger partial charge in [-0.25, -0.2) is 0 Å². The zero-order chi connectivity index (χ0) is 11.8. The second-order valence-corrected chi connectivity index (χ2v) is 6.49. The van der Waals surface area contributed by atoms with Gasteiger partial charge in [0.1, 0.15) is 24.5 Å². The summed E-state index contributed by atoms with van der Waals surface area (Å²) < 4.78 is 24.5. The summed E-state index contributed by atoms with van der Waals surface area (Å²) in [5.41, 5.74) is 0.768. The fourth-order valence-electron chi connectivity index (χ4n) is 1.70. The number of aromatic nitrogens is 1. The Hall–Kier alpha value is -0.980. The molecule has 1 atom stereocenters. The summed E-state index contributed by atoms with van der Waals surface area (Å²) in [5, 5.41) is 0. The second kappa shape index (κ2) is 4.36. The van der Waals surface area contributed by atoms with E-state index in [4.69, 9.17) is 9.47 Å². The first kappa shape index (κ1) is 11.1. The molecule has 2 aromatic rings. The van der Waals surface area contributed by atoms with Crippen molar-refractivity contribution in [2.45, 2.75) is 11.3 Å². The fraction of sp³-hybridized carbons (Fsp3) is 0.364. The molecule has 6 heteroatoms. The first-order chi connectivity index (χ1) is 8.29. The van der Waals surface area contributed by atoms with Crippen molar-refractivity contribution in [2.75, 3.05) is 19.0 Å². The molecule has 0 fully saturated rings. The van der Waals surface area contributed by atoms with E-state index in [1.165, 1.54) is 11.3 Å². The highest BCUT2D eigenvalue weighted by Gasteiger charge is 2.22. The lowest BCUT2D eigenvalue weighted by Crippen LogP contribution is -2.15. The molecule has 1 aromatic heterocycles. The predicted molar refractivity (Wildman–Crippen MR) is 67.6 cm³/mol. The summed E-state index contributed by atoms with van der Waals surface area (Å²) >= 11 is 0.443. The van der Waals surface area contributed by atoms with Crippen molar-refractivity contribution in [3.63, 3.8) is 0 Å². The first-order valence-electron chi connectivity index (χ1n) is 5.37. The molecule has 17 heavy (non-hydrogen) atoms. The van der Waals surface area contributed by atoms with Gasteiger partial charge in [0.2, 0.25) is 0 Å². The Balaban J connectivity index is 2.15. The van der Waals surface area contributed by atoms with Crippen molar-refractivity contribution in [1.29, 1.82) is 0 Å². The lowest BCUT2D eigenvalue weighted by molar-refractivity contribution is 0.173. The Morgan fingerprint density at radius 3 is 3.06 bits per heavy atom. The molecular formula is C11H11NO3S2. The number of hydrogen-bond acceptors (Lipinski definition) is 5. The quantitative estimate of drug-likeness (QED) is 0.784. The molecule has 1 aliphatic heterocycles. The Morgan fingerprint density at radius 1 is 1.41 bits per heavy atom. The van der Waals surface area contributed by atoms with Gasteiger partial charge in [0, 0.05) is 11.2 Å². The average molecular weight is 269 g/mol. The van der Waals surface area contributed by atoms with Crippen molar-refractivity contribution in [3.8, 4) is 11.5 Å². The molecule has 90 valence electrons. The molecule has 0 amide bonds. The summed E-state index contributed by atoms with van der Waals surface area (Å²) in [6.45, 7) is 2.99. The van der Waals surface area contributed by atoms with Crippen LogP contribution in [0.4, 0.5) is 0 Å². The van der Waals surface area contributed by atoms with Crippen LogP contribution in [0.25, 0.3) is 10.2 Å². The first-order valence-corrected chi connectivity index (χ1v) is 7.50. The summed E-state index contributed by atoms with van der Waals surface area (Å²) in [7, 11) is 0. The van der Waals surface area contributed by atoms with Gasteiger partial charge in [-0.15, -0.1) is 0 Å². The number of fused-ring (bicyclic) bond motifs is 3. The van der Waals surface area contributed by atoms with Crippen LogP contribution in [0.2, 0.25) is 0 Å².